The van der Waals surface area contributed by atoms with Crippen molar-refractivity contribution in [2.45, 2.75) is 105 Å². The Morgan fingerprint density at radius 3 is 1.39 bits per heavy atom. The molecule has 2 N–H and O–H groups in total. The summed E-state index contributed by atoms with van der Waals surface area (Å²) in [6.07, 6.45) is 14.8. The summed E-state index contributed by atoms with van der Waals surface area (Å²) in [5.41, 5.74) is 2.33. The Kier molecular flexibility index (Phi) is 10.1. The van der Waals surface area contributed by atoms with Crippen molar-refractivity contribution in [3.63, 3.8) is 0 Å². The van der Waals surface area contributed by atoms with Crippen molar-refractivity contribution in [3.05, 3.63) is 24.3 Å². The molecule has 240 valence electrons. The van der Waals surface area contributed by atoms with E-state index < -0.39 is 0 Å². The van der Waals surface area contributed by atoms with Gasteiger partial charge in [-0.1, -0.05) is 66.2 Å². The number of nitrogens with zero attached hydrogens (tertiary/aromatic N) is 2. The maximum absolute atomic E-state index is 6.77. The molecule has 2 atom stereocenters. The van der Waals surface area contributed by atoms with Crippen LogP contribution >= 0.6 is 0 Å². The number of fused-ring (bicyclic) bond motifs is 3. The van der Waals surface area contributed by atoms with Crippen molar-refractivity contribution in [2.75, 3.05) is 49.2 Å². The van der Waals surface area contributed by atoms with Crippen molar-refractivity contribution in [1.82, 2.24) is 9.97 Å². The molecule has 6 nitrogen and oxygen atoms in total. The van der Waals surface area contributed by atoms with Gasteiger partial charge in [0.2, 0.25) is 0 Å². The fraction of sp³-hybridized carbons (Fsp3) is 0.632. The number of aromatic amines is 2. The molecule has 0 spiro atoms. The molecular formula is C38H56N4O2. The minimum Gasteiger partial charge on any atom is -0.489 e. The molecule has 2 unspecified atom stereocenters. The maximum Gasteiger partial charge on any atom is 0.169 e. The minimum atomic E-state index is 0.599. The second-order valence-corrected chi connectivity index (χ2v) is 13.6. The molecule has 2 aliphatic heterocycles. The molecule has 6 rings (SSSR count). The molecule has 2 fully saturated rings. The molecule has 0 aliphatic carbocycles. The van der Waals surface area contributed by atoms with Crippen LogP contribution in [0.4, 0.5) is 11.6 Å². The van der Waals surface area contributed by atoms with E-state index in [1.165, 1.54) is 108 Å². The number of benzene rings is 2. The number of nitrogens with one attached hydrogen (secondary N) is 2. The Morgan fingerprint density at radius 1 is 0.614 bits per heavy atom. The van der Waals surface area contributed by atoms with E-state index in [9.17, 15) is 0 Å². The third-order valence-corrected chi connectivity index (χ3v) is 10.4. The molecule has 4 heterocycles. The van der Waals surface area contributed by atoms with Crippen LogP contribution in [-0.2, 0) is 0 Å². The second kappa shape index (κ2) is 14.4. The molecule has 2 aliphatic rings. The van der Waals surface area contributed by atoms with E-state index in [0.717, 1.165) is 63.7 Å². The molecule has 44 heavy (non-hydrogen) atoms. The average molecular weight is 601 g/mol. The van der Waals surface area contributed by atoms with E-state index in [-0.39, 0.29) is 0 Å². The lowest BCUT2D eigenvalue weighted by molar-refractivity contribution is 0.236. The summed E-state index contributed by atoms with van der Waals surface area (Å²) in [6.45, 7) is 15.1. The number of aromatic nitrogens is 2. The predicted molar refractivity (Wildman–Crippen MR) is 188 cm³/mol. The van der Waals surface area contributed by atoms with E-state index >= 15 is 0 Å². The number of anilines is 2. The van der Waals surface area contributed by atoms with Gasteiger partial charge in [-0.15, -0.1) is 0 Å². The van der Waals surface area contributed by atoms with Crippen LogP contribution in [0.2, 0.25) is 0 Å². The Morgan fingerprint density at radius 2 is 1.02 bits per heavy atom. The molecule has 0 radical (unpaired) electrons. The zero-order chi connectivity index (χ0) is 30.5. The van der Waals surface area contributed by atoms with Crippen LogP contribution in [0.3, 0.4) is 0 Å². The fourth-order valence-electron chi connectivity index (χ4n) is 7.37. The molecular weight excluding hydrogens is 544 g/mol. The van der Waals surface area contributed by atoms with Gasteiger partial charge in [0.05, 0.1) is 24.2 Å². The monoisotopic (exact) mass is 600 g/mol. The summed E-state index contributed by atoms with van der Waals surface area (Å²) in [4.78, 5) is 12.6. The van der Waals surface area contributed by atoms with Crippen LogP contribution in [0.25, 0.3) is 32.6 Å². The van der Waals surface area contributed by atoms with Crippen molar-refractivity contribution in [2.24, 2.45) is 11.8 Å². The summed E-state index contributed by atoms with van der Waals surface area (Å²) in [7, 11) is 0. The van der Waals surface area contributed by atoms with Crippen molar-refractivity contribution in [3.8, 4) is 11.5 Å². The third kappa shape index (κ3) is 6.50. The SMILES string of the molecule is CCCCC(CC)COc1c(N2CCCC2)[nH]c2cc3cc4c(OCC(CC)CCCC)c(N5CCCC5)[nH]c4cc3cc12. The van der Waals surface area contributed by atoms with E-state index in [1.807, 2.05) is 0 Å². The van der Waals surface area contributed by atoms with Crippen LogP contribution in [0, 0.1) is 11.8 Å². The third-order valence-electron chi connectivity index (χ3n) is 10.4. The first kappa shape index (κ1) is 31.0. The highest BCUT2D eigenvalue weighted by Crippen LogP contribution is 2.44. The number of ether oxygens (including phenoxy) is 2. The van der Waals surface area contributed by atoms with Crippen LogP contribution in [0.5, 0.6) is 11.5 Å². The molecule has 0 amide bonds. The average Bonchev–Trinajstić information content (AvgIpc) is 3.86. The first-order valence-corrected chi connectivity index (χ1v) is 18.0. The number of unbranched alkanes of at least 4 members (excludes halogenated alkanes) is 2. The van der Waals surface area contributed by atoms with Gasteiger partial charge in [0.1, 0.15) is 11.6 Å². The topological polar surface area (TPSA) is 56.5 Å². The molecule has 4 aromatic rings. The molecule has 2 saturated heterocycles. The predicted octanol–water partition coefficient (Wildman–Crippen LogP) is 10.2. The van der Waals surface area contributed by atoms with E-state index in [4.69, 9.17) is 9.47 Å². The van der Waals surface area contributed by atoms with Gasteiger partial charge in [-0.25, -0.2) is 0 Å². The first-order valence-electron chi connectivity index (χ1n) is 18.0. The van der Waals surface area contributed by atoms with Crippen molar-refractivity contribution < 1.29 is 9.47 Å². The Bertz CT molecular complexity index is 1390. The van der Waals surface area contributed by atoms with Crippen molar-refractivity contribution >= 4 is 44.2 Å². The lowest BCUT2D eigenvalue weighted by Crippen LogP contribution is -2.19. The smallest absolute Gasteiger partial charge is 0.169 e. The van der Waals surface area contributed by atoms with Crippen LogP contribution in [-0.4, -0.2) is 49.4 Å². The van der Waals surface area contributed by atoms with Gasteiger partial charge in [0.15, 0.2) is 11.5 Å². The lowest BCUT2D eigenvalue weighted by atomic mass is 10.0. The quantitative estimate of drug-likeness (QED) is 0.134. The van der Waals surface area contributed by atoms with E-state index in [0.29, 0.717) is 11.8 Å². The van der Waals surface area contributed by atoms with Gasteiger partial charge < -0.3 is 29.2 Å². The summed E-state index contributed by atoms with van der Waals surface area (Å²) < 4.78 is 13.5. The largest absolute Gasteiger partial charge is 0.489 e. The second-order valence-electron chi connectivity index (χ2n) is 13.6. The normalized spacial score (nSPS) is 17.0. The van der Waals surface area contributed by atoms with Crippen LogP contribution in [0.1, 0.15) is 105 Å². The van der Waals surface area contributed by atoms with Gasteiger partial charge in [0.25, 0.3) is 0 Å². The van der Waals surface area contributed by atoms with Gasteiger partial charge in [-0.3, -0.25) is 0 Å². The van der Waals surface area contributed by atoms with Crippen LogP contribution < -0.4 is 19.3 Å². The Balaban J connectivity index is 1.39. The highest BCUT2D eigenvalue weighted by atomic mass is 16.5. The summed E-state index contributed by atoms with van der Waals surface area (Å²) in [5, 5.41) is 4.90. The summed E-state index contributed by atoms with van der Waals surface area (Å²) >= 11 is 0. The highest BCUT2D eigenvalue weighted by Gasteiger charge is 2.25. The summed E-state index contributed by atoms with van der Waals surface area (Å²) in [5.74, 6) is 5.63. The minimum absolute atomic E-state index is 0.599. The number of H-pyrrole nitrogens is 2. The zero-order valence-electron chi connectivity index (χ0n) is 27.9. The number of rotatable bonds is 16. The molecule has 6 heteroatoms. The molecule has 0 bridgehead atoms. The lowest BCUT2D eigenvalue weighted by Gasteiger charge is -2.20. The Hall–Kier alpha value is -3.02. The van der Waals surface area contributed by atoms with E-state index in [2.05, 4.69) is 71.7 Å². The first-order chi connectivity index (χ1) is 21.6. The van der Waals surface area contributed by atoms with Crippen molar-refractivity contribution in [1.29, 1.82) is 0 Å². The number of hydrogen-bond donors (Lipinski definition) is 2. The zero-order valence-corrected chi connectivity index (χ0v) is 27.9. The standard InChI is InChI=1S/C38H56N4O2/c1-5-9-15-27(7-3)25-43-35-31-21-29-24-34-32(22-30(29)23-33(31)39-37(35)41-17-11-12-18-41)36(38(40-34)42-19-13-14-20-42)44-26-28(8-4)16-10-6-2/h21-24,27-28,39-40H,5-20,25-26H2,1-4H3. The highest BCUT2D eigenvalue weighted by molar-refractivity contribution is 6.08. The van der Waals surface area contributed by atoms with Gasteiger partial charge in [0, 0.05) is 37.0 Å². The molecule has 2 aromatic heterocycles. The van der Waals surface area contributed by atoms with Crippen LogP contribution in [0.15, 0.2) is 24.3 Å². The van der Waals surface area contributed by atoms with E-state index in [1.54, 1.807) is 0 Å². The van der Waals surface area contributed by atoms with Gasteiger partial charge in [-0.05, 0) is 85.4 Å². The van der Waals surface area contributed by atoms with Gasteiger partial charge >= 0.3 is 0 Å². The maximum atomic E-state index is 6.77. The number of hydrogen-bond acceptors (Lipinski definition) is 4. The van der Waals surface area contributed by atoms with Gasteiger partial charge in [-0.2, -0.15) is 0 Å². The Labute approximate surface area is 264 Å². The molecule has 0 saturated carbocycles. The molecule has 2 aromatic carbocycles. The fourth-order valence-corrected chi connectivity index (χ4v) is 7.37. The summed E-state index contributed by atoms with van der Waals surface area (Å²) in [6, 6.07) is 9.40.